The van der Waals surface area contributed by atoms with E-state index in [1.165, 1.54) is 32.1 Å². The molecule has 0 N–H and O–H groups in total. The normalized spacial score (nSPS) is 18.2. The van der Waals surface area contributed by atoms with Gasteiger partial charge in [0.05, 0.1) is 0 Å². The van der Waals surface area contributed by atoms with Crippen LogP contribution in [0.2, 0.25) is 0 Å². The standard InChI is InChI=1S/C14H30/c1-7-10-14(6,8-2)11-9-13(5)12(3)4/h12-13H,7-11H2,1-6H3. The van der Waals surface area contributed by atoms with Crippen LogP contribution in [-0.4, -0.2) is 0 Å². The molecule has 0 aromatic rings. The maximum atomic E-state index is 2.46. The van der Waals surface area contributed by atoms with Crippen molar-refractivity contribution < 1.29 is 0 Å². The van der Waals surface area contributed by atoms with E-state index in [1.54, 1.807) is 0 Å². The summed E-state index contributed by atoms with van der Waals surface area (Å²) in [6.07, 6.45) is 6.89. The molecule has 0 aliphatic carbocycles. The average Bonchev–Trinajstić information content (AvgIpc) is 2.14. The molecular weight excluding hydrogens is 168 g/mol. The van der Waals surface area contributed by atoms with Crippen molar-refractivity contribution in [3.63, 3.8) is 0 Å². The van der Waals surface area contributed by atoms with Gasteiger partial charge in [0.15, 0.2) is 0 Å². The average molecular weight is 198 g/mol. The smallest absolute Gasteiger partial charge is 0.0328 e. The SMILES string of the molecule is CCCC(C)(CC)CCC(C)C(C)C. The maximum Gasteiger partial charge on any atom is -0.0328 e. The fraction of sp³-hybridized carbons (Fsp3) is 1.00. The summed E-state index contributed by atoms with van der Waals surface area (Å²) < 4.78 is 0. The first-order valence-corrected chi connectivity index (χ1v) is 6.45. The van der Waals surface area contributed by atoms with Gasteiger partial charge >= 0.3 is 0 Å². The molecule has 0 saturated heterocycles. The minimum absolute atomic E-state index is 0.609. The van der Waals surface area contributed by atoms with E-state index in [2.05, 4.69) is 41.5 Å². The van der Waals surface area contributed by atoms with Gasteiger partial charge in [-0.3, -0.25) is 0 Å². The highest BCUT2D eigenvalue weighted by atomic mass is 14.3. The molecule has 0 saturated carbocycles. The predicted octanol–water partition coefficient (Wildman–Crippen LogP) is 5.28. The fourth-order valence-corrected chi connectivity index (χ4v) is 1.99. The molecule has 2 atom stereocenters. The lowest BCUT2D eigenvalue weighted by atomic mass is 9.76. The van der Waals surface area contributed by atoms with Crippen LogP contribution in [0, 0.1) is 17.3 Å². The highest BCUT2D eigenvalue weighted by molar-refractivity contribution is 4.73. The Hall–Kier alpha value is 0. The van der Waals surface area contributed by atoms with Gasteiger partial charge in [0, 0.05) is 0 Å². The third-order valence-corrected chi connectivity index (χ3v) is 4.05. The van der Waals surface area contributed by atoms with Crippen LogP contribution in [0.15, 0.2) is 0 Å². The lowest BCUT2D eigenvalue weighted by Crippen LogP contribution is -2.17. The quantitative estimate of drug-likeness (QED) is 0.522. The van der Waals surface area contributed by atoms with E-state index < -0.39 is 0 Å². The molecule has 2 unspecified atom stereocenters. The second-order valence-corrected chi connectivity index (χ2v) is 5.67. The summed E-state index contributed by atoms with van der Waals surface area (Å²) in [7, 11) is 0. The van der Waals surface area contributed by atoms with E-state index in [9.17, 15) is 0 Å². The van der Waals surface area contributed by atoms with Crippen LogP contribution in [0.4, 0.5) is 0 Å². The van der Waals surface area contributed by atoms with Crippen LogP contribution in [0.1, 0.15) is 73.6 Å². The van der Waals surface area contributed by atoms with Crippen molar-refractivity contribution in [2.24, 2.45) is 17.3 Å². The van der Waals surface area contributed by atoms with E-state index in [1.807, 2.05) is 0 Å². The van der Waals surface area contributed by atoms with Crippen molar-refractivity contribution in [2.45, 2.75) is 73.6 Å². The van der Waals surface area contributed by atoms with Crippen LogP contribution < -0.4 is 0 Å². The summed E-state index contributed by atoms with van der Waals surface area (Å²) >= 11 is 0. The summed E-state index contributed by atoms with van der Waals surface area (Å²) in [5.74, 6) is 1.73. The summed E-state index contributed by atoms with van der Waals surface area (Å²) in [6, 6.07) is 0. The monoisotopic (exact) mass is 198 g/mol. The zero-order valence-corrected chi connectivity index (χ0v) is 11.2. The molecule has 86 valence electrons. The Morgan fingerprint density at radius 1 is 1.00 bits per heavy atom. The topological polar surface area (TPSA) is 0 Å². The summed E-state index contributed by atoms with van der Waals surface area (Å²) in [5.41, 5.74) is 0.609. The molecule has 0 aromatic carbocycles. The van der Waals surface area contributed by atoms with Crippen molar-refractivity contribution >= 4 is 0 Å². The Bertz CT molecular complexity index is 137. The number of hydrogen-bond donors (Lipinski definition) is 0. The molecule has 0 heterocycles. The predicted molar refractivity (Wildman–Crippen MR) is 66.5 cm³/mol. The Labute approximate surface area is 91.5 Å². The Kier molecular flexibility index (Phi) is 6.48. The van der Waals surface area contributed by atoms with Crippen molar-refractivity contribution in [1.82, 2.24) is 0 Å². The molecule has 0 spiro atoms. The van der Waals surface area contributed by atoms with Crippen molar-refractivity contribution in [2.75, 3.05) is 0 Å². The lowest BCUT2D eigenvalue weighted by molar-refractivity contribution is 0.221. The Morgan fingerprint density at radius 2 is 1.57 bits per heavy atom. The maximum absolute atomic E-state index is 2.46. The molecule has 0 aliphatic heterocycles. The molecule has 0 rings (SSSR count). The highest BCUT2D eigenvalue weighted by Gasteiger charge is 2.22. The van der Waals surface area contributed by atoms with Crippen LogP contribution >= 0.6 is 0 Å². The van der Waals surface area contributed by atoms with Gasteiger partial charge in [-0.1, -0.05) is 54.4 Å². The number of hydrogen-bond acceptors (Lipinski definition) is 0. The van der Waals surface area contributed by atoms with Gasteiger partial charge in [-0.25, -0.2) is 0 Å². The van der Waals surface area contributed by atoms with E-state index >= 15 is 0 Å². The van der Waals surface area contributed by atoms with Gasteiger partial charge in [-0.05, 0) is 36.5 Å². The molecule has 0 amide bonds. The molecule has 14 heavy (non-hydrogen) atoms. The van der Waals surface area contributed by atoms with Gasteiger partial charge in [-0.2, -0.15) is 0 Å². The molecule has 0 bridgehead atoms. The van der Waals surface area contributed by atoms with Crippen LogP contribution in [0.25, 0.3) is 0 Å². The van der Waals surface area contributed by atoms with E-state index in [-0.39, 0.29) is 0 Å². The van der Waals surface area contributed by atoms with Gasteiger partial charge < -0.3 is 0 Å². The summed E-state index contributed by atoms with van der Waals surface area (Å²) in [5, 5.41) is 0. The van der Waals surface area contributed by atoms with Crippen molar-refractivity contribution in [3.8, 4) is 0 Å². The van der Waals surface area contributed by atoms with Crippen LogP contribution in [0.5, 0.6) is 0 Å². The largest absolute Gasteiger partial charge is 0.0654 e. The van der Waals surface area contributed by atoms with E-state index in [4.69, 9.17) is 0 Å². The molecule has 0 aliphatic rings. The number of rotatable bonds is 7. The second-order valence-electron chi connectivity index (χ2n) is 5.67. The van der Waals surface area contributed by atoms with E-state index in [0.717, 1.165) is 11.8 Å². The van der Waals surface area contributed by atoms with Crippen molar-refractivity contribution in [1.29, 1.82) is 0 Å². The van der Waals surface area contributed by atoms with Gasteiger partial charge in [-0.15, -0.1) is 0 Å². The first kappa shape index (κ1) is 14.0. The molecular formula is C14H30. The van der Waals surface area contributed by atoms with Gasteiger partial charge in [0.1, 0.15) is 0 Å². The first-order chi connectivity index (χ1) is 6.45. The fourth-order valence-electron chi connectivity index (χ4n) is 1.99. The van der Waals surface area contributed by atoms with Crippen LogP contribution in [-0.2, 0) is 0 Å². The molecule has 0 heteroatoms. The summed E-state index contributed by atoms with van der Waals surface area (Å²) in [4.78, 5) is 0. The summed E-state index contributed by atoms with van der Waals surface area (Å²) in [6.45, 7) is 14.2. The third-order valence-electron chi connectivity index (χ3n) is 4.05. The molecule has 0 fully saturated rings. The molecule has 0 nitrogen and oxygen atoms in total. The second kappa shape index (κ2) is 6.48. The minimum Gasteiger partial charge on any atom is -0.0654 e. The van der Waals surface area contributed by atoms with E-state index in [0.29, 0.717) is 5.41 Å². The zero-order chi connectivity index (χ0) is 11.2. The molecule has 0 radical (unpaired) electrons. The van der Waals surface area contributed by atoms with Crippen molar-refractivity contribution in [3.05, 3.63) is 0 Å². The minimum atomic E-state index is 0.609. The Morgan fingerprint density at radius 3 is 1.93 bits per heavy atom. The highest BCUT2D eigenvalue weighted by Crippen LogP contribution is 2.35. The van der Waals surface area contributed by atoms with Crippen LogP contribution in [0.3, 0.4) is 0 Å². The molecule has 0 aromatic heterocycles. The van der Waals surface area contributed by atoms with Gasteiger partial charge in [0.2, 0.25) is 0 Å². The lowest BCUT2D eigenvalue weighted by Gasteiger charge is -2.30. The Balaban J connectivity index is 3.94. The van der Waals surface area contributed by atoms with Gasteiger partial charge in [0.25, 0.3) is 0 Å². The third kappa shape index (κ3) is 5.02. The first-order valence-electron chi connectivity index (χ1n) is 6.45. The zero-order valence-electron chi connectivity index (χ0n) is 11.2.